The lowest BCUT2D eigenvalue weighted by Crippen LogP contribution is -2.45. The number of aromatic amines is 1. The zero-order valence-electron chi connectivity index (χ0n) is 24.6. The Balaban J connectivity index is 1.80. The van der Waals surface area contributed by atoms with E-state index >= 15 is 0 Å². The van der Waals surface area contributed by atoms with Crippen LogP contribution in [0.2, 0.25) is 0 Å². The minimum atomic E-state index is -4.33. The van der Waals surface area contributed by atoms with Crippen molar-refractivity contribution in [3.63, 3.8) is 0 Å². The Morgan fingerprint density at radius 3 is 2.53 bits per heavy atom. The number of hydrogen-bond donors (Lipinski definition) is 3. The number of rotatable bonds is 16. The van der Waals surface area contributed by atoms with Gasteiger partial charge in [0.1, 0.15) is 23.4 Å². The maximum Gasteiger partial charge on any atom is 0.459 e. The largest absolute Gasteiger partial charge is 0.464 e. The van der Waals surface area contributed by atoms with Crippen molar-refractivity contribution >= 4 is 13.7 Å². The van der Waals surface area contributed by atoms with E-state index in [0.717, 1.165) is 42.5 Å². The van der Waals surface area contributed by atoms with Crippen molar-refractivity contribution in [3.05, 3.63) is 73.9 Å². The number of esters is 1. The number of aliphatic hydroxyl groups excluding tert-OH is 1. The molecule has 2 heterocycles. The number of aromatic nitrogens is 2. The molecule has 0 spiro atoms. The van der Waals surface area contributed by atoms with Crippen molar-refractivity contribution in [3.8, 4) is 5.75 Å². The lowest BCUT2D eigenvalue weighted by Gasteiger charge is -2.28. The first kappa shape index (κ1) is 34.0. The number of benzene rings is 1. The second-order valence-corrected chi connectivity index (χ2v) is 12.2. The van der Waals surface area contributed by atoms with Crippen LogP contribution in [0.25, 0.3) is 10.4 Å². The van der Waals surface area contributed by atoms with Gasteiger partial charge >= 0.3 is 19.4 Å². The Labute approximate surface area is 248 Å². The zero-order chi connectivity index (χ0) is 31.6. The number of H-pyrrole nitrogens is 1. The van der Waals surface area contributed by atoms with E-state index in [-0.39, 0.29) is 18.3 Å². The van der Waals surface area contributed by atoms with Crippen LogP contribution in [0.4, 0.5) is 0 Å². The van der Waals surface area contributed by atoms with Crippen molar-refractivity contribution in [1.82, 2.24) is 14.6 Å². The summed E-state index contributed by atoms with van der Waals surface area (Å²) in [6.45, 7) is 6.60. The lowest BCUT2D eigenvalue weighted by molar-refractivity contribution is -0.146. The number of azide groups is 1. The molecule has 2 aromatic rings. The fourth-order valence-electron chi connectivity index (χ4n) is 4.82. The third-order valence-electron chi connectivity index (χ3n) is 7.06. The highest BCUT2D eigenvalue weighted by Crippen LogP contribution is 2.47. The molecule has 1 aliphatic heterocycles. The van der Waals surface area contributed by atoms with Gasteiger partial charge in [0.05, 0.1) is 19.3 Å². The Morgan fingerprint density at radius 2 is 1.93 bits per heavy atom. The first-order valence-corrected chi connectivity index (χ1v) is 15.7. The zero-order valence-corrected chi connectivity index (χ0v) is 25.5. The number of nitrogens with one attached hydrogen (secondary N) is 2. The fraction of sp³-hybridized carbons (Fsp3) is 0.593. The average molecular weight is 623 g/mol. The molecule has 0 bridgehead atoms. The Morgan fingerprint density at radius 1 is 1.26 bits per heavy atom. The van der Waals surface area contributed by atoms with Crippen LogP contribution >= 0.6 is 7.75 Å². The summed E-state index contributed by atoms with van der Waals surface area (Å²) in [5.41, 5.74) is 5.93. The van der Waals surface area contributed by atoms with Crippen molar-refractivity contribution in [1.29, 1.82) is 0 Å². The molecular weight excluding hydrogens is 583 g/mol. The lowest BCUT2D eigenvalue weighted by atomic mass is 9.93. The van der Waals surface area contributed by atoms with E-state index in [1.165, 1.54) is 13.8 Å². The van der Waals surface area contributed by atoms with Crippen LogP contribution in [0.1, 0.15) is 59.6 Å². The highest BCUT2D eigenvalue weighted by molar-refractivity contribution is 7.52. The second-order valence-electron chi connectivity index (χ2n) is 10.5. The Bertz CT molecular complexity index is 1420. The van der Waals surface area contributed by atoms with Crippen LogP contribution in [0, 0.1) is 5.92 Å². The standard InChI is InChI=1S/C27H39N6O9P/c1-5-10-19(11-6-2)16-39-24(36)18(3)30-43(38,42-20-12-8-7-9-13-20)40-17-21-23(35)27(4,31-32-28)25(41-21)33-15-14-22(34)29-26(33)37/h7-9,12-15,18-19,21,23,25,35H,5-6,10-11,16-17H2,1-4H3,(H,30,38)(H,29,34,37)/t18-,21+,23+,25+,27+,43?/m0/s1. The monoisotopic (exact) mass is 622 g/mol. The fourth-order valence-corrected chi connectivity index (χ4v) is 6.32. The predicted octanol–water partition coefficient (Wildman–Crippen LogP) is 3.81. The highest BCUT2D eigenvalue weighted by atomic mass is 31.2. The second kappa shape index (κ2) is 15.3. The highest BCUT2D eigenvalue weighted by Gasteiger charge is 2.55. The molecule has 16 heteroatoms. The molecule has 1 fully saturated rings. The van der Waals surface area contributed by atoms with Crippen molar-refractivity contribution in [2.75, 3.05) is 13.2 Å². The number of carbonyl (C=O) groups is 1. The minimum Gasteiger partial charge on any atom is -0.464 e. The molecule has 1 aromatic heterocycles. The SMILES string of the molecule is CCCC(CCC)COC(=O)[C@H](C)NP(=O)(OC[C@H]1O[C@@H](n2ccc(=O)[nH]c2=O)[C@](C)(N=[N+]=[N-])[C@@H]1O)Oc1ccccc1. The molecular formula is C27H39N6O9P. The van der Waals surface area contributed by atoms with Gasteiger partial charge < -0.3 is 19.1 Å². The molecule has 1 aromatic carbocycles. The molecule has 1 aliphatic rings. The van der Waals surface area contributed by atoms with Crippen molar-refractivity contribution in [2.45, 2.75) is 83.4 Å². The van der Waals surface area contributed by atoms with Crippen LogP contribution in [0.3, 0.4) is 0 Å². The van der Waals surface area contributed by atoms with Gasteiger partial charge in [-0.25, -0.2) is 9.36 Å². The van der Waals surface area contributed by atoms with Gasteiger partial charge in [0.25, 0.3) is 5.56 Å². The molecule has 15 nitrogen and oxygen atoms in total. The molecule has 1 unspecified atom stereocenters. The summed E-state index contributed by atoms with van der Waals surface area (Å²) in [6.07, 6.45) is 0.681. The summed E-state index contributed by atoms with van der Waals surface area (Å²) < 4.78 is 37.6. The van der Waals surface area contributed by atoms with E-state index in [2.05, 4.69) is 33.9 Å². The van der Waals surface area contributed by atoms with E-state index in [1.807, 2.05) is 0 Å². The summed E-state index contributed by atoms with van der Waals surface area (Å²) >= 11 is 0. The van der Waals surface area contributed by atoms with Gasteiger partial charge in [0, 0.05) is 17.2 Å². The number of nitrogens with zero attached hydrogens (tertiary/aromatic N) is 4. The summed E-state index contributed by atoms with van der Waals surface area (Å²) in [6, 6.07) is 8.08. The summed E-state index contributed by atoms with van der Waals surface area (Å²) in [4.78, 5) is 41.7. The minimum absolute atomic E-state index is 0.175. The van der Waals surface area contributed by atoms with Gasteiger partial charge in [-0.1, -0.05) is 50.0 Å². The van der Waals surface area contributed by atoms with Gasteiger partial charge in [-0.3, -0.25) is 23.7 Å². The molecule has 0 radical (unpaired) electrons. The smallest absolute Gasteiger partial charge is 0.459 e. The molecule has 0 aliphatic carbocycles. The van der Waals surface area contributed by atoms with Gasteiger partial charge in [-0.2, -0.15) is 5.09 Å². The third-order valence-corrected chi connectivity index (χ3v) is 8.70. The molecule has 6 atom stereocenters. The van der Waals surface area contributed by atoms with E-state index < -0.39 is 61.6 Å². The molecule has 0 amide bonds. The molecule has 0 saturated carbocycles. The molecule has 3 rings (SSSR count). The molecule has 43 heavy (non-hydrogen) atoms. The van der Waals surface area contributed by atoms with Gasteiger partial charge in [-0.15, -0.1) is 0 Å². The topological polar surface area (TPSA) is 207 Å². The average Bonchev–Trinajstić information content (AvgIpc) is 3.20. The predicted molar refractivity (Wildman–Crippen MR) is 156 cm³/mol. The van der Waals surface area contributed by atoms with Crippen LogP contribution in [0.15, 0.2) is 57.3 Å². The number of hydrogen-bond acceptors (Lipinski definition) is 10. The van der Waals surface area contributed by atoms with Gasteiger partial charge in [0.2, 0.25) is 0 Å². The molecule has 236 valence electrons. The number of para-hydroxylation sites is 1. The van der Waals surface area contributed by atoms with E-state index in [9.17, 15) is 29.6 Å². The Hall–Kier alpha value is -3.45. The van der Waals surface area contributed by atoms with Crippen LogP contribution in [0.5, 0.6) is 5.75 Å². The van der Waals surface area contributed by atoms with E-state index in [1.54, 1.807) is 30.3 Å². The maximum atomic E-state index is 14.0. The van der Waals surface area contributed by atoms with Gasteiger partial charge in [-0.05, 0) is 50.3 Å². The number of aliphatic hydroxyl groups is 1. The first-order chi connectivity index (χ1) is 20.5. The van der Waals surface area contributed by atoms with Crippen molar-refractivity contribution < 1.29 is 33.0 Å². The van der Waals surface area contributed by atoms with Crippen molar-refractivity contribution in [2.24, 2.45) is 11.0 Å². The Kier molecular flexibility index (Phi) is 12.1. The van der Waals surface area contributed by atoms with Crippen LogP contribution in [-0.4, -0.2) is 57.6 Å². The number of carbonyl (C=O) groups excluding carboxylic acids is 1. The maximum absolute atomic E-state index is 14.0. The van der Waals surface area contributed by atoms with Crippen LogP contribution in [-0.2, 0) is 23.4 Å². The first-order valence-electron chi connectivity index (χ1n) is 14.1. The third kappa shape index (κ3) is 8.79. The number of ether oxygens (including phenoxy) is 2. The van der Waals surface area contributed by atoms with E-state index in [4.69, 9.17) is 18.5 Å². The normalized spacial score (nSPS) is 23.7. The van der Waals surface area contributed by atoms with Gasteiger partial charge in [0.15, 0.2) is 6.23 Å². The van der Waals surface area contributed by atoms with Crippen LogP contribution < -0.4 is 20.9 Å². The summed E-state index contributed by atoms with van der Waals surface area (Å²) in [7, 11) is -4.33. The quantitative estimate of drug-likeness (QED) is 0.0811. The molecule has 1 saturated heterocycles. The summed E-state index contributed by atoms with van der Waals surface area (Å²) in [5.74, 6) is -0.262. The van der Waals surface area contributed by atoms with E-state index in [0.29, 0.717) is 0 Å². The summed E-state index contributed by atoms with van der Waals surface area (Å²) in [5, 5.41) is 17.4. The molecule has 3 N–H and O–H groups in total.